The zero-order valence-corrected chi connectivity index (χ0v) is 19.4. The molecule has 0 radical (unpaired) electrons. The fraction of sp³-hybridized carbons (Fsp3) is 0.588. The van der Waals surface area contributed by atoms with Gasteiger partial charge in [0.05, 0.1) is 16.3 Å². The Kier molecular flexibility index (Phi) is 7.65. The van der Waals surface area contributed by atoms with Gasteiger partial charge in [-0.2, -0.15) is 4.31 Å². The van der Waals surface area contributed by atoms with Crippen LogP contribution in [0.5, 0.6) is 0 Å². The summed E-state index contributed by atoms with van der Waals surface area (Å²) in [5.41, 5.74) is 0. The topological polar surface area (TPSA) is 104 Å². The fourth-order valence-corrected chi connectivity index (χ4v) is 5.90. The maximum absolute atomic E-state index is 13.0. The van der Waals surface area contributed by atoms with Crippen molar-refractivity contribution in [2.24, 2.45) is 0 Å². The Balaban J connectivity index is 2.09. The van der Waals surface area contributed by atoms with Crippen LogP contribution in [0.25, 0.3) is 0 Å². The van der Waals surface area contributed by atoms with Crippen LogP contribution in [0.15, 0.2) is 32.5 Å². The molecule has 2 rings (SSSR count). The first-order chi connectivity index (χ1) is 12.9. The second kappa shape index (κ2) is 9.21. The lowest BCUT2D eigenvalue weighted by atomic mass is 10.2. The third-order valence-corrected chi connectivity index (χ3v) is 8.67. The van der Waals surface area contributed by atoms with E-state index in [9.17, 15) is 21.6 Å². The fourth-order valence-electron chi connectivity index (χ4n) is 2.80. The average Bonchev–Trinajstić information content (AvgIpc) is 2.61. The van der Waals surface area contributed by atoms with Crippen LogP contribution in [0.4, 0.5) is 0 Å². The van der Waals surface area contributed by atoms with Crippen LogP contribution < -0.4 is 5.32 Å². The van der Waals surface area contributed by atoms with Crippen LogP contribution in [-0.2, 0) is 24.7 Å². The summed E-state index contributed by atoms with van der Waals surface area (Å²) in [6, 6.07) is 4.08. The van der Waals surface area contributed by atoms with Gasteiger partial charge in [0, 0.05) is 42.9 Å². The molecule has 1 aromatic carbocycles. The third kappa shape index (κ3) is 5.76. The molecule has 1 N–H and O–H groups in total. The van der Waals surface area contributed by atoms with Crippen LogP contribution in [0.1, 0.15) is 20.3 Å². The van der Waals surface area contributed by atoms with E-state index in [0.29, 0.717) is 17.6 Å². The summed E-state index contributed by atoms with van der Waals surface area (Å²) in [7, 11) is -7.38. The number of benzene rings is 1. The second-order valence-corrected chi connectivity index (χ2v) is 11.7. The lowest BCUT2D eigenvalue weighted by Gasteiger charge is -2.33. The maximum atomic E-state index is 13.0. The molecule has 1 aromatic rings. The van der Waals surface area contributed by atoms with Crippen LogP contribution in [0.3, 0.4) is 0 Å². The maximum Gasteiger partial charge on any atom is 0.244 e. The third-order valence-electron chi connectivity index (χ3n) is 4.67. The zero-order chi connectivity index (χ0) is 21.1. The monoisotopic (exact) mass is 495 g/mol. The number of carbonyl (C=O) groups is 1. The van der Waals surface area contributed by atoms with Gasteiger partial charge in [0.1, 0.15) is 0 Å². The van der Waals surface area contributed by atoms with Gasteiger partial charge < -0.3 is 5.32 Å². The van der Waals surface area contributed by atoms with Crippen molar-refractivity contribution in [1.29, 1.82) is 0 Å². The van der Waals surface area contributed by atoms with E-state index < -0.39 is 19.9 Å². The molecule has 11 heteroatoms. The van der Waals surface area contributed by atoms with Crippen molar-refractivity contribution in [2.75, 3.05) is 39.0 Å². The number of halogens is 1. The number of nitrogens with zero attached hydrogens (tertiary/aromatic N) is 2. The Morgan fingerprint density at radius 2 is 1.79 bits per heavy atom. The van der Waals surface area contributed by atoms with Gasteiger partial charge in [0.15, 0.2) is 9.84 Å². The zero-order valence-electron chi connectivity index (χ0n) is 16.2. The van der Waals surface area contributed by atoms with Gasteiger partial charge in [-0.1, -0.05) is 6.92 Å². The molecule has 1 atom stereocenters. The molecule has 1 aliphatic rings. The number of sulfone groups is 1. The standard InChI is InChI=1S/C17H26BrN3O5S2/c1-4-13(2)19-17(22)12-20-7-9-21(10-8-20)28(25,26)16-11-14(27(3,23)24)5-6-15(16)18/h5-6,11,13H,4,7-10,12H2,1-3H3,(H,19,22). The predicted octanol–water partition coefficient (Wildman–Crippen LogP) is 1.07. The molecule has 1 amide bonds. The van der Waals surface area contributed by atoms with Gasteiger partial charge >= 0.3 is 0 Å². The highest BCUT2D eigenvalue weighted by Gasteiger charge is 2.31. The average molecular weight is 496 g/mol. The first-order valence-corrected chi connectivity index (χ1v) is 13.1. The van der Waals surface area contributed by atoms with Crippen LogP contribution in [0, 0.1) is 0 Å². The molecule has 28 heavy (non-hydrogen) atoms. The van der Waals surface area contributed by atoms with E-state index in [1.54, 1.807) is 0 Å². The number of hydrogen-bond acceptors (Lipinski definition) is 6. The van der Waals surface area contributed by atoms with Crippen molar-refractivity contribution in [2.45, 2.75) is 36.1 Å². The van der Waals surface area contributed by atoms with Gasteiger partial charge in [0.25, 0.3) is 0 Å². The highest BCUT2D eigenvalue weighted by atomic mass is 79.9. The van der Waals surface area contributed by atoms with Gasteiger partial charge in [0.2, 0.25) is 15.9 Å². The quantitative estimate of drug-likeness (QED) is 0.606. The molecule has 1 fully saturated rings. The van der Waals surface area contributed by atoms with E-state index in [2.05, 4.69) is 21.2 Å². The van der Waals surface area contributed by atoms with E-state index in [1.165, 1.54) is 22.5 Å². The molecule has 158 valence electrons. The molecular weight excluding hydrogens is 470 g/mol. The Morgan fingerprint density at radius 3 is 2.32 bits per heavy atom. The Labute approximate surface area is 175 Å². The smallest absolute Gasteiger partial charge is 0.244 e. The number of nitrogens with one attached hydrogen (secondary N) is 1. The Bertz CT molecular complexity index is 926. The molecule has 1 unspecified atom stereocenters. The summed E-state index contributed by atoms with van der Waals surface area (Å²) < 4.78 is 51.2. The number of carbonyl (C=O) groups excluding carboxylic acids is 1. The molecular formula is C17H26BrN3O5S2. The highest BCUT2D eigenvalue weighted by Crippen LogP contribution is 2.28. The van der Waals surface area contributed by atoms with Crippen molar-refractivity contribution in [3.63, 3.8) is 0 Å². The van der Waals surface area contributed by atoms with E-state index in [4.69, 9.17) is 0 Å². The Hall–Kier alpha value is -1.01. The number of amides is 1. The largest absolute Gasteiger partial charge is 0.353 e. The number of hydrogen-bond donors (Lipinski definition) is 1. The molecule has 0 saturated carbocycles. The van der Waals surface area contributed by atoms with Crippen molar-refractivity contribution in [3.05, 3.63) is 22.7 Å². The van der Waals surface area contributed by atoms with E-state index in [1.807, 2.05) is 18.7 Å². The molecule has 1 saturated heterocycles. The first kappa shape index (κ1) is 23.3. The first-order valence-electron chi connectivity index (χ1n) is 8.96. The summed E-state index contributed by atoms with van der Waals surface area (Å²) in [5, 5.41) is 2.90. The van der Waals surface area contributed by atoms with Crippen LogP contribution >= 0.6 is 15.9 Å². The highest BCUT2D eigenvalue weighted by molar-refractivity contribution is 9.10. The summed E-state index contributed by atoms with van der Waals surface area (Å²) in [4.78, 5) is 13.8. The summed E-state index contributed by atoms with van der Waals surface area (Å²) >= 11 is 3.21. The lowest BCUT2D eigenvalue weighted by Crippen LogP contribution is -2.51. The van der Waals surface area contributed by atoms with E-state index in [0.717, 1.165) is 12.7 Å². The minimum absolute atomic E-state index is 0.0466. The van der Waals surface area contributed by atoms with E-state index in [-0.39, 0.29) is 41.4 Å². The summed E-state index contributed by atoms with van der Waals surface area (Å²) in [6.45, 7) is 5.47. The minimum atomic E-state index is -3.86. The minimum Gasteiger partial charge on any atom is -0.353 e. The SMILES string of the molecule is CCC(C)NC(=O)CN1CCN(S(=O)(=O)c2cc(S(C)(=O)=O)ccc2Br)CC1. The van der Waals surface area contributed by atoms with Crippen molar-refractivity contribution in [1.82, 2.24) is 14.5 Å². The number of rotatable bonds is 7. The molecule has 0 spiro atoms. The van der Waals surface area contributed by atoms with Gasteiger partial charge in [-0.3, -0.25) is 9.69 Å². The molecule has 0 aromatic heterocycles. The van der Waals surface area contributed by atoms with Crippen LogP contribution in [-0.4, -0.2) is 77.0 Å². The van der Waals surface area contributed by atoms with Gasteiger partial charge in [-0.25, -0.2) is 16.8 Å². The predicted molar refractivity (Wildman–Crippen MR) is 110 cm³/mol. The summed E-state index contributed by atoms with van der Waals surface area (Å²) in [5.74, 6) is -0.0748. The lowest BCUT2D eigenvalue weighted by molar-refractivity contribution is -0.123. The van der Waals surface area contributed by atoms with Gasteiger partial charge in [-0.05, 0) is 47.5 Å². The van der Waals surface area contributed by atoms with Crippen molar-refractivity contribution >= 4 is 41.7 Å². The molecule has 8 nitrogen and oxygen atoms in total. The molecule has 0 aliphatic carbocycles. The number of sulfonamides is 1. The van der Waals surface area contributed by atoms with Crippen molar-refractivity contribution < 1.29 is 21.6 Å². The van der Waals surface area contributed by atoms with E-state index >= 15 is 0 Å². The van der Waals surface area contributed by atoms with Crippen molar-refractivity contribution in [3.8, 4) is 0 Å². The molecule has 1 aliphatic heterocycles. The van der Waals surface area contributed by atoms with Gasteiger partial charge in [-0.15, -0.1) is 0 Å². The molecule has 1 heterocycles. The van der Waals surface area contributed by atoms with Crippen LogP contribution in [0.2, 0.25) is 0 Å². The number of piperazine rings is 1. The second-order valence-electron chi connectivity index (χ2n) is 6.92. The summed E-state index contributed by atoms with van der Waals surface area (Å²) in [6.07, 6.45) is 1.88. The Morgan fingerprint density at radius 1 is 1.18 bits per heavy atom. The normalized spacial score (nSPS) is 18.0. The molecule has 0 bridgehead atoms.